The number of hydrogen-bond donors (Lipinski definition) is 0. The Morgan fingerprint density at radius 2 is 2.31 bits per heavy atom. The van der Waals surface area contributed by atoms with Gasteiger partial charge in [-0.05, 0) is 36.5 Å². The Morgan fingerprint density at radius 1 is 1.46 bits per heavy atom. The molecule has 1 aliphatic carbocycles. The minimum absolute atomic E-state index is 0.645. The van der Waals surface area contributed by atoms with E-state index in [2.05, 4.69) is 28.1 Å². The third-order valence-corrected chi connectivity index (χ3v) is 3.38. The molecule has 70 valence electrons. The molecule has 1 atom stereocenters. The van der Waals surface area contributed by atoms with E-state index in [0.717, 1.165) is 18.6 Å². The van der Waals surface area contributed by atoms with Gasteiger partial charge in [0.1, 0.15) is 5.75 Å². The summed E-state index contributed by atoms with van der Waals surface area (Å²) in [6, 6.07) is 6.32. The summed E-state index contributed by atoms with van der Waals surface area (Å²) >= 11 is 3.66. The molecule has 0 bridgehead atoms. The van der Waals surface area contributed by atoms with E-state index in [0.29, 0.717) is 4.83 Å². The third kappa shape index (κ3) is 1.73. The molecule has 1 aromatic carbocycles. The van der Waals surface area contributed by atoms with Crippen molar-refractivity contribution in [3.05, 3.63) is 29.3 Å². The quantitative estimate of drug-likeness (QED) is 0.687. The van der Waals surface area contributed by atoms with Crippen molar-refractivity contribution in [1.29, 1.82) is 0 Å². The van der Waals surface area contributed by atoms with Gasteiger partial charge in [-0.2, -0.15) is 0 Å². The summed E-state index contributed by atoms with van der Waals surface area (Å²) in [4.78, 5) is 0.645. The number of hydrogen-bond acceptors (Lipinski definition) is 1. The zero-order chi connectivity index (χ0) is 9.26. The summed E-state index contributed by atoms with van der Waals surface area (Å²) in [5.74, 6) is 1.05. The van der Waals surface area contributed by atoms with Crippen molar-refractivity contribution in [3.8, 4) is 5.75 Å². The van der Waals surface area contributed by atoms with Crippen LogP contribution in [0.15, 0.2) is 18.2 Å². The van der Waals surface area contributed by atoms with E-state index >= 15 is 0 Å². The molecular weight excluding hydrogens is 228 g/mol. The lowest BCUT2D eigenvalue weighted by atomic mass is 9.91. The smallest absolute Gasteiger partial charge is 0.122 e. The summed E-state index contributed by atoms with van der Waals surface area (Å²) in [5.41, 5.74) is 2.84. The Labute approximate surface area is 87.2 Å². The van der Waals surface area contributed by atoms with Crippen LogP contribution in [0.2, 0.25) is 0 Å². The molecule has 1 nitrogen and oxygen atoms in total. The van der Waals surface area contributed by atoms with E-state index in [4.69, 9.17) is 4.74 Å². The topological polar surface area (TPSA) is 9.23 Å². The van der Waals surface area contributed by atoms with Gasteiger partial charge in [0, 0.05) is 4.83 Å². The molecule has 1 aromatic rings. The van der Waals surface area contributed by atoms with Crippen molar-refractivity contribution in [2.45, 2.75) is 24.1 Å². The molecule has 1 aliphatic rings. The van der Waals surface area contributed by atoms with Crippen LogP contribution in [-0.2, 0) is 12.8 Å². The third-order valence-electron chi connectivity index (χ3n) is 2.60. The molecule has 0 unspecified atom stereocenters. The van der Waals surface area contributed by atoms with Crippen LogP contribution in [0.4, 0.5) is 0 Å². The Hall–Kier alpha value is -0.500. The largest absolute Gasteiger partial charge is 0.496 e. The van der Waals surface area contributed by atoms with Gasteiger partial charge in [-0.3, -0.25) is 0 Å². The molecule has 0 heterocycles. The summed E-state index contributed by atoms with van der Waals surface area (Å²) < 4.78 is 5.33. The maximum absolute atomic E-state index is 5.33. The number of fused-ring (bicyclic) bond motifs is 1. The molecule has 0 aromatic heterocycles. The normalized spacial score (nSPS) is 20.9. The van der Waals surface area contributed by atoms with Gasteiger partial charge in [-0.25, -0.2) is 0 Å². The highest BCUT2D eigenvalue weighted by atomic mass is 79.9. The summed E-state index contributed by atoms with van der Waals surface area (Å²) in [5, 5.41) is 0. The van der Waals surface area contributed by atoms with E-state index in [1.165, 1.54) is 17.5 Å². The number of alkyl halides is 1. The van der Waals surface area contributed by atoms with E-state index < -0.39 is 0 Å². The second kappa shape index (κ2) is 3.70. The number of methoxy groups -OCH3 is 1. The van der Waals surface area contributed by atoms with Crippen molar-refractivity contribution in [3.63, 3.8) is 0 Å². The second-order valence-corrected chi connectivity index (χ2v) is 4.73. The monoisotopic (exact) mass is 240 g/mol. The molecule has 0 saturated carbocycles. The lowest BCUT2D eigenvalue weighted by molar-refractivity contribution is 0.406. The standard InChI is InChI=1S/C11H13BrO/c1-13-11-4-2-3-8-7-9(12)5-6-10(8)11/h2-4,9H,5-7H2,1H3/t9-/m1/s1. The number of rotatable bonds is 1. The van der Waals surface area contributed by atoms with Crippen molar-refractivity contribution in [2.75, 3.05) is 7.11 Å². The molecular formula is C11H13BrO. The Kier molecular flexibility index (Phi) is 2.58. The summed E-state index contributed by atoms with van der Waals surface area (Å²) in [7, 11) is 1.75. The molecule has 2 rings (SSSR count). The van der Waals surface area contributed by atoms with Gasteiger partial charge >= 0.3 is 0 Å². The van der Waals surface area contributed by atoms with Crippen molar-refractivity contribution in [2.24, 2.45) is 0 Å². The first-order valence-corrected chi connectivity index (χ1v) is 5.51. The van der Waals surface area contributed by atoms with Crippen LogP contribution >= 0.6 is 15.9 Å². The molecule has 0 radical (unpaired) electrons. The summed E-state index contributed by atoms with van der Waals surface area (Å²) in [6.45, 7) is 0. The second-order valence-electron chi connectivity index (χ2n) is 3.44. The van der Waals surface area contributed by atoms with Crippen LogP contribution < -0.4 is 4.74 Å². The van der Waals surface area contributed by atoms with Crippen LogP contribution in [0.3, 0.4) is 0 Å². The SMILES string of the molecule is COc1cccc2c1CC[C@@H](Br)C2. The minimum Gasteiger partial charge on any atom is -0.496 e. The molecule has 0 N–H and O–H groups in total. The van der Waals surface area contributed by atoms with Gasteiger partial charge in [-0.1, -0.05) is 28.1 Å². The Bertz CT molecular complexity index is 309. The van der Waals surface area contributed by atoms with Gasteiger partial charge in [0.15, 0.2) is 0 Å². The first kappa shape index (κ1) is 9.07. The molecule has 0 amide bonds. The maximum atomic E-state index is 5.33. The van der Waals surface area contributed by atoms with Crippen LogP contribution in [0, 0.1) is 0 Å². The molecule has 0 saturated heterocycles. The van der Waals surface area contributed by atoms with Crippen molar-refractivity contribution >= 4 is 15.9 Å². The summed E-state index contributed by atoms with van der Waals surface area (Å²) in [6.07, 6.45) is 3.48. The van der Waals surface area contributed by atoms with Crippen LogP contribution in [0.5, 0.6) is 5.75 Å². The van der Waals surface area contributed by atoms with E-state index in [1.807, 2.05) is 6.07 Å². The van der Waals surface area contributed by atoms with Gasteiger partial charge < -0.3 is 4.74 Å². The van der Waals surface area contributed by atoms with E-state index in [-0.39, 0.29) is 0 Å². The zero-order valence-electron chi connectivity index (χ0n) is 7.72. The minimum atomic E-state index is 0.645. The highest BCUT2D eigenvalue weighted by Gasteiger charge is 2.18. The Morgan fingerprint density at radius 3 is 3.08 bits per heavy atom. The lowest BCUT2D eigenvalue weighted by Crippen LogP contribution is -2.14. The van der Waals surface area contributed by atoms with Crippen LogP contribution in [0.1, 0.15) is 17.5 Å². The fourth-order valence-electron chi connectivity index (χ4n) is 1.92. The zero-order valence-corrected chi connectivity index (χ0v) is 9.30. The number of halogens is 1. The predicted octanol–water partition coefficient (Wildman–Crippen LogP) is 2.95. The average Bonchev–Trinajstić information content (AvgIpc) is 2.16. The molecule has 0 spiro atoms. The molecule has 2 heteroatoms. The predicted molar refractivity (Wildman–Crippen MR) is 57.7 cm³/mol. The van der Waals surface area contributed by atoms with Gasteiger partial charge in [-0.15, -0.1) is 0 Å². The highest BCUT2D eigenvalue weighted by molar-refractivity contribution is 9.09. The van der Waals surface area contributed by atoms with E-state index in [1.54, 1.807) is 7.11 Å². The van der Waals surface area contributed by atoms with Gasteiger partial charge in [0.05, 0.1) is 7.11 Å². The number of benzene rings is 1. The maximum Gasteiger partial charge on any atom is 0.122 e. The van der Waals surface area contributed by atoms with E-state index in [9.17, 15) is 0 Å². The molecule has 13 heavy (non-hydrogen) atoms. The fourth-order valence-corrected chi connectivity index (χ4v) is 2.50. The fraction of sp³-hybridized carbons (Fsp3) is 0.455. The van der Waals surface area contributed by atoms with Crippen LogP contribution in [-0.4, -0.2) is 11.9 Å². The van der Waals surface area contributed by atoms with Gasteiger partial charge in [0.2, 0.25) is 0 Å². The van der Waals surface area contributed by atoms with Crippen molar-refractivity contribution < 1.29 is 4.74 Å². The average molecular weight is 241 g/mol. The van der Waals surface area contributed by atoms with Crippen LogP contribution in [0.25, 0.3) is 0 Å². The highest BCUT2D eigenvalue weighted by Crippen LogP contribution is 2.31. The molecule has 0 aliphatic heterocycles. The first-order valence-electron chi connectivity index (χ1n) is 4.60. The number of ether oxygens (including phenoxy) is 1. The van der Waals surface area contributed by atoms with Crippen molar-refractivity contribution in [1.82, 2.24) is 0 Å². The lowest BCUT2D eigenvalue weighted by Gasteiger charge is -2.21. The van der Waals surface area contributed by atoms with Gasteiger partial charge in [0.25, 0.3) is 0 Å². The Balaban J connectivity index is 2.39. The molecule has 0 fully saturated rings. The first-order chi connectivity index (χ1) is 6.31.